The molecule has 19 heavy (non-hydrogen) atoms. The van der Waals surface area contributed by atoms with Crippen LogP contribution in [0.3, 0.4) is 0 Å². The molecule has 0 saturated carbocycles. The Bertz CT molecular complexity index is 547. The van der Waals surface area contributed by atoms with Crippen LogP contribution < -0.4 is 10.0 Å². The molecular formula is C11H15BrFN3O2S. The first-order valence-electron chi connectivity index (χ1n) is 5.88. The molecular weight excluding hydrogens is 337 g/mol. The standard InChI is InChI=1S/C11H15BrFN3O2S/c12-11-2-1-10(13)7-9(11)8-15-19(17,18)16-5-3-14-4-6-16/h1-2,7,14-15H,3-6,8H2. The average molecular weight is 352 g/mol. The summed E-state index contributed by atoms with van der Waals surface area (Å²) in [6.07, 6.45) is 0. The minimum atomic E-state index is -3.51. The third kappa shape index (κ3) is 3.96. The highest BCUT2D eigenvalue weighted by atomic mass is 79.9. The lowest BCUT2D eigenvalue weighted by Gasteiger charge is -2.26. The third-order valence-corrected chi connectivity index (χ3v) is 5.20. The molecule has 1 aromatic carbocycles. The van der Waals surface area contributed by atoms with Crippen LogP contribution in [0.15, 0.2) is 22.7 Å². The van der Waals surface area contributed by atoms with Gasteiger partial charge in [0.2, 0.25) is 0 Å². The molecule has 1 aliphatic heterocycles. The minimum absolute atomic E-state index is 0.0601. The van der Waals surface area contributed by atoms with Gasteiger partial charge in [0.15, 0.2) is 0 Å². The maximum Gasteiger partial charge on any atom is 0.279 e. The normalized spacial score (nSPS) is 17.6. The van der Waals surface area contributed by atoms with Crippen LogP contribution in [0.4, 0.5) is 4.39 Å². The summed E-state index contributed by atoms with van der Waals surface area (Å²) in [5.41, 5.74) is 0.568. The van der Waals surface area contributed by atoms with Gasteiger partial charge in [-0.2, -0.15) is 17.4 Å². The Balaban J connectivity index is 2.02. The smallest absolute Gasteiger partial charge is 0.279 e. The number of hydrogen-bond donors (Lipinski definition) is 2. The zero-order chi connectivity index (χ0) is 13.9. The lowest BCUT2D eigenvalue weighted by Crippen LogP contribution is -2.50. The summed E-state index contributed by atoms with van der Waals surface area (Å²) in [6.45, 7) is 2.24. The fourth-order valence-corrected chi connectivity index (χ4v) is 3.39. The van der Waals surface area contributed by atoms with Gasteiger partial charge in [0.05, 0.1) is 0 Å². The molecule has 1 heterocycles. The van der Waals surface area contributed by atoms with Gasteiger partial charge < -0.3 is 5.32 Å². The maximum absolute atomic E-state index is 13.1. The van der Waals surface area contributed by atoms with Crippen molar-refractivity contribution < 1.29 is 12.8 Å². The van der Waals surface area contributed by atoms with Crippen molar-refractivity contribution in [3.05, 3.63) is 34.1 Å². The first-order chi connectivity index (χ1) is 8.99. The quantitative estimate of drug-likeness (QED) is 0.844. The van der Waals surface area contributed by atoms with Gasteiger partial charge in [0.1, 0.15) is 5.82 Å². The molecule has 0 unspecified atom stereocenters. The van der Waals surface area contributed by atoms with Crippen LogP contribution in [0.5, 0.6) is 0 Å². The molecule has 1 fully saturated rings. The fourth-order valence-electron chi connectivity index (χ4n) is 1.82. The highest BCUT2D eigenvalue weighted by Gasteiger charge is 2.23. The number of nitrogens with zero attached hydrogens (tertiary/aromatic N) is 1. The van der Waals surface area contributed by atoms with Gasteiger partial charge >= 0.3 is 0 Å². The van der Waals surface area contributed by atoms with E-state index < -0.39 is 10.2 Å². The topological polar surface area (TPSA) is 61.4 Å². The molecule has 1 aromatic rings. The molecule has 0 amide bonds. The lowest BCUT2D eigenvalue weighted by atomic mass is 10.2. The monoisotopic (exact) mass is 351 g/mol. The van der Waals surface area contributed by atoms with E-state index in [0.29, 0.717) is 36.2 Å². The molecule has 2 rings (SSSR count). The van der Waals surface area contributed by atoms with E-state index >= 15 is 0 Å². The highest BCUT2D eigenvalue weighted by molar-refractivity contribution is 9.10. The minimum Gasteiger partial charge on any atom is -0.314 e. The van der Waals surface area contributed by atoms with E-state index in [0.717, 1.165) is 0 Å². The average Bonchev–Trinajstić information content (AvgIpc) is 2.41. The Kier molecular flexibility index (Phi) is 4.91. The summed E-state index contributed by atoms with van der Waals surface area (Å²) in [5, 5.41) is 3.09. The molecule has 1 aliphatic rings. The second-order valence-corrected chi connectivity index (χ2v) is 6.82. The van der Waals surface area contributed by atoms with Crippen LogP contribution in [0.1, 0.15) is 5.56 Å². The Labute approximate surface area is 120 Å². The second kappa shape index (κ2) is 6.27. The van der Waals surface area contributed by atoms with Crippen molar-refractivity contribution in [1.82, 2.24) is 14.3 Å². The lowest BCUT2D eigenvalue weighted by molar-refractivity contribution is 0.354. The molecule has 0 bridgehead atoms. The van der Waals surface area contributed by atoms with Gasteiger partial charge in [-0.1, -0.05) is 15.9 Å². The van der Waals surface area contributed by atoms with Crippen LogP contribution in [0.2, 0.25) is 0 Å². The van der Waals surface area contributed by atoms with Gasteiger partial charge in [-0.25, -0.2) is 4.39 Å². The van der Waals surface area contributed by atoms with Gasteiger partial charge in [0, 0.05) is 37.2 Å². The maximum atomic E-state index is 13.1. The summed E-state index contributed by atoms with van der Waals surface area (Å²) < 4.78 is 41.7. The molecule has 0 spiro atoms. The van der Waals surface area contributed by atoms with E-state index in [1.807, 2.05) is 0 Å². The number of benzene rings is 1. The molecule has 2 N–H and O–H groups in total. The van der Waals surface area contributed by atoms with E-state index in [1.165, 1.54) is 16.4 Å². The van der Waals surface area contributed by atoms with Gasteiger partial charge in [-0.3, -0.25) is 0 Å². The van der Waals surface area contributed by atoms with Crippen molar-refractivity contribution in [1.29, 1.82) is 0 Å². The molecule has 0 radical (unpaired) electrons. The van der Waals surface area contributed by atoms with Crippen molar-refractivity contribution in [2.24, 2.45) is 0 Å². The highest BCUT2D eigenvalue weighted by Crippen LogP contribution is 2.18. The van der Waals surface area contributed by atoms with E-state index in [1.54, 1.807) is 6.07 Å². The van der Waals surface area contributed by atoms with Crippen LogP contribution in [0, 0.1) is 5.82 Å². The Morgan fingerprint density at radius 1 is 1.37 bits per heavy atom. The molecule has 1 saturated heterocycles. The fraction of sp³-hybridized carbons (Fsp3) is 0.455. The van der Waals surface area contributed by atoms with Crippen LogP contribution in [-0.4, -0.2) is 38.9 Å². The van der Waals surface area contributed by atoms with Crippen LogP contribution in [-0.2, 0) is 16.8 Å². The van der Waals surface area contributed by atoms with Gasteiger partial charge in [-0.15, -0.1) is 0 Å². The Morgan fingerprint density at radius 3 is 2.74 bits per heavy atom. The van der Waals surface area contributed by atoms with Crippen molar-refractivity contribution in [2.45, 2.75) is 6.54 Å². The second-order valence-electron chi connectivity index (χ2n) is 4.21. The zero-order valence-electron chi connectivity index (χ0n) is 10.2. The third-order valence-electron chi connectivity index (χ3n) is 2.87. The van der Waals surface area contributed by atoms with Crippen molar-refractivity contribution in [2.75, 3.05) is 26.2 Å². The number of nitrogens with one attached hydrogen (secondary N) is 2. The van der Waals surface area contributed by atoms with Crippen molar-refractivity contribution >= 4 is 26.1 Å². The van der Waals surface area contributed by atoms with Gasteiger partial charge in [-0.05, 0) is 23.8 Å². The van der Waals surface area contributed by atoms with E-state index in [4.69, 9.17) is 0 Å². The summed E-state index contributed by atoms with van der Waals surface area (Å²) in [4.78, 5) is 0. The SMILES string of the molecule is O=S(=O)(NCc1cc(F)ccc1Br)N1CCNCC1. The summed E-state index contributed by atoms with van der Waals surface area (Å²) >= 11 is 3.27. The number of piperazine rings is 1. The van der Waals surface area contributed by atoms with Crippen molar-refractivity contribution in [3.63, 3.8) is 0 Å². The van der Waals surface area contributed by atoms with E-state index in [-0.39, 0.29) is 12.4 Å². The van der Waals surface area contributed by atoms with Gasteiger partial charge in [0.25, 0.3) is 10.2 Å². The number of rotatable bonds is 4. The molecule has 0 aliphatic carbocycles. The van der Waals surface area contributed by atoms with Crippen LogP contribution in [0.25, 0.3) is 0 Å². The van der Waals surface area contributed by atoms with E-state index in [9.17, 15) is 12.8 Å². The zero-order valence-corrected chi connectivity index (χ0v) is 12.6. The first-order valence-corrected chi connectivity index (χ1v) is 8.12. The molecule has 0 atom stereocenters. The van der Waals surface area contributed by atoms with Crippen LogP contribution >= 0.6 is 15.9 Å². The molecule has 106 valence electrons. The first kappa shape index (κ1) is 14.9. The van der Waals surface area contributed by atoms with Crippen molar-refractivity contribution in [3.8, 4) is 0 Å². The Hall–Kier alpha value is -0.540. The molecule has 5 nitrogen and oxygen atoms in total. The summed E-state index contributed by atoms with van der Waals surface area (Å²) in [7, 11) is -3.51. The predicted octanol–water partition coefficient (Wildman–Crippen LogP) is 0.828. The van der Waals surface area contributed by atoms with E-state index in [2.05, 4.69) is 26.0 Å². The Morgan fingerprint density at radius 2 is 2.05 bits per heavy atom. The molecule has 8 heteroatoms. The number of halogens is 2. The summed E-state index contributed by atoms with van der Waals surface area (Å²) in [6, 6.07) is 4.19. The molecule has 0 aromatic heterocycles. The largest absolute Gasteiger partial charge is 0.314 e. The predicted molar refractivity (Wildman–Crippen MR) is 74.3 cm³/mol. The summed E-state index contributed by atoms with van der Waals surface area (Å²) in [5.74, 6) is -0.389. The number of hydrogen-bond acceptors (Lipinski definition) is 3.